The topological polar surface area (TPSA) is 60.5 Å². The Morgan fingerprint density at radius 3 is 2.50 bits per heavy atom. The second kappa shape index (κ2) is 9.92. The van der Waals surface area contributed by atoms with E-state index in [4.69, 9.17) is 9.47 Å². The van der Waals surface area contributed by atoms with Gasteiger partial charge in [-0.3, -0.25) is 9.78 Å². The molecule has 0 saturated heterocycles. The maximum Gasteiger partial charge on any atom is 0.257 e. The number of carbonyl (C=O) groups excluding carboxylic acids is 1. The molecule has 0 aliphatic rings. The van der Waals surface area contributed by atoms with Crippen molar-refractivity contribution in [3.63, 3.8) is 0 Å². The lowest BCUT2D eigenvalue weighted by Gasteiger charge is -2.13. The van der Waals surface area contributed by atoms with Crippen molar-refractivity contribution in [3.05, 3.63) is 77.6 Å². The highest BCUT2D eigenvalue weighted by Gasteiger charge is 2.13. The molecule has 1 amide bonds. The maximum atomic E-state index is 12.7. The number of amides is 1. The van der Waals surface area contributed by atoms with E-state index in [9.17, 15) is 4.79 Å². The van der Waals surface area contributed by atoms with Crippen LogP contribution in [0.5, 0.6) is 17.2 Å². The number of nitrogens with one attached hydrogen (secondary N) is 1. The normalized spacial score (nSPS) is 10.7. The number of benzene rings is 2. The number of nitrogens with zero attached hydrogens (tertiary/aromatic N) is 1. The van der Waals surface area contributed by atoms with Gasteiger partial charge in [0.05, 0.1) is 17.9 Å². The van der Waals surface area contributed by atoms with Crippen LogP contribution in [-0.4, -0.2) is 17.5 Å². The summed E-state index contributed by atoms with van der Waals surface area (Å²) in [5.41, 5.74) is 2.90. The Hall–Kier alpha value is -3.34. The fourth-order valence-corrected chi connectivity index (χ4v) is 2.97. The fraction of sp³-hybridized carbons (Fsp3) is 0.280. The first kappa shape index (κ1) is 21.4. The van der Waals surface area contributed by atoms with E-state index in [1.807, 2.05) is 61.5 Å². The lowest BCUT2D eigenvalue weighted by atomic mass is 10.1. The molecule has 156 valence electrons. The van der Waals surface area contributed by atoms with Gasteiger partial charge in [-0.15, -0.1) is 0 Å². The number of aryl methyl sites for hydroxylation is 1. The lowest BCUT2D eigenvalue weighted by Crippen LogP contribution is -2.14. The first-order valence-electron chi connectivity index (χ1n) is 10.3. The molecule has 1 heterocycles. The van der Waals surface area contributed by atoms with Crippen LogP contribution in [0.3, 0.4) is 0 Å². The summed E-state index contributed by atoms with van der Waals surface area (Å²) in [7, 11) is 0. The molecule has 0 aliphatic carbocycles. The van der Waals surface area contributed by atoms with E-state index in [0.29, 0.717) is 46.7 Å². The zero-order chi connectivity index (χ0) is 21.5. The van der Waals surface area contributed by atoms with Crippen molar-refractivity contribution in [2.24, 2.45) is 0 Å². The highest BCUT2D eigenvalue weighted by molar-refractivity contribution is 6.05. The van der Waals surface area contributed by atoms with E-state index in [1.165, 1.54) is 0 Å². The molecule has 0 atom stereocenters. The van der Waals surface area contributed by atoms with Crippen LogP contribution in [0.2, 0.25) is 0 Å². The van der Waals surface area contributed by atoms with Gasteiger partial charge >= 0.3 is 0 Å². The minimum absolute atomic E-state index is 0.195. The van der Waals surface area contributed by atoms with Gasteiger partial charge in [-0.25, -0.2) is 0 Å². The zero-order valence-corrected chi connectivity index (χ0v) is 17.9. The van der Waals surface area contributed by atoms with E-state index in [-0.39, 0.29) is 5.91 Å². The molecule has 0 spiro atoms. The number of carbonyl (C=O) groups is 1. The molecule has 0 unspecified atom stereocenters. The van der Waals surface area contributed by atoms with E-state index in [2.05, 4.69) is 31.1 Å². The van der Waals surface area contributed by atoms with Crippen molar-refractivity contribution in [2.75, 3.05) is 11.9 Å². The van der Waals surface area contributed by atoms with E-state index in [1.54, 1.807) is 6.07 Å². The Morgan fingerprint density at radius 1 is 1.03 bits per heavy atom. The third kappa shape index (κ3) is 5.38. The summed E-state index contributed by atoms with van der Waals surface area (Å²) in [6.07, 6.45) is 0.919. The summed E-state index contributed by atoms with van der Waals surface area (Å²) in [6, 6.07) is 18.6. The van der Waals surface area contributed by atoms with E-state index < -0.39 is 0 Å². The van der Waals surface area contributed by atoms with Gasteiger partial charge in [0.15, 0.2) is 11.5 Å². The van der Waals surface area contributed by atoms with Gasteiger partial charge in [-0.2, -0.15) is 0 Å². The Labute approximate surface area is 178 Å². The highest BCUT2D eigenvalue weighted by Crippen LogP contribution is 2.32. The average Bonchev–Trinajstić information content (AvgIpc) is 2.73. The third-order valence-electron chi connectivity index (χ3n) is 4.57. The number of ether oxygens (including phenoxy) is 2. The zero-order valence-electron chi connectivity index (χ0n) is 17.9. The van der Waals surface area contributed by atoms with Gasteiger partial charge in [-0.1, -0.05) is 39.0 Å². The molecule has 1 aromatic heterocycles. The molecule has 5 nitrogen and oxygen atoms in total. The Bertz CT molecular complexity index is 1010. The van der Waals surface area contributed by atoms with Gasteiger partial charge < -0.3 is 14.8 Å². The number of hydrogen-bond donors (Lipinski definition) is 1. The number of anilines is 1. The van der Waals surface area contributed by atoms with Gasteiger partial charge in [0.25, 0.3) is 5.91 Å². The number of hydrogen-bond acceptors (Lipinski definition) is 4. The van der Waals surface area contributed by atoms with Crippen LogP contribution in [0.4, 0.5) is 5.69 Å². The largest absolute Gasteiger partial charge is 0.490 e. The van der Waals surface area contributed by atoms with Crippen molar-refractivity contribution in [3.8, 4) is 17.2 Å². The van der Waals surface area contributed by atoms with Crippen LogP contribution < -0.4 is 14.8 Å². The average molecular weight is 405 g/mol. The van der Waals surface area contributed by atoms with Crippen molar-refractivity contribution in [1.82, 2.24) is 4.98 Å². The number of pyridine rings is 1. The van der Waals surface area contributed by atoms with Crippen molar-refractivity contribution in [1.29, 1.82) is 0 Å². The monoisotopic (exact) mass is 404 g/mol. The summed E-state index contributed by atoms with van der Waals surface area (Å²) in [6.45, 7) is 8.70. The lowest BCUT2D eigenvalue weighted by molar-refractivity contribution is 0.102. The maximum absolute atomic E-state index is 12.7. The Morgan fingerprint density at radius 2 is 1.80 bits per heavy atom. The first-order valence-corrected chi connectivity index (χ1v) is 10.3. The predicted octanol–water partition coefficient (Wildman–Crippen LogP) is 6.35. The molecular formula is C25H28N2O3. The number of para-hydroxylation sites is 2. The van der Waals surface area contributed by atoms with Gasteiger partial charge in [0.2, 0.25) is 0 Å². The van der Waals surface area contributed by atoms with Gasteiger partial charge in [0, 0.05) is 17.4 Å². The third-order valence-corrected chi connectivity index (χ3v) is 4.57. The quantitative estimate of drug-likeness (QED) is 0.475. The standard InChI is InChI=1S/C25H28N2O3/c1-5-15-29-23-11-6-7-12-24(23)30-20-10-8-9-19(16-20)27-25(28)21-13-14-22(17(2)3)26-18(21)4/h6-14,16-17H,5,15H2,1-4H3,(H,27,28). The van der Waals surface area contributed by atoms with Crippen LogP contribution in [-0.2, 0) is 0 Å². The summed E-state index contributed by atoms with van der Waals surface area (Å²) in [4.78, 5) is 17.3. The van der Waals surface area contributed by atoms with Gasteiger partial charge in [-0.05, 0) is 55.7 Å². The molecule has 30 heavy (non-hydrogen) atoms. The first-order chi connectivity index (χ1) is 14.5. The minimum atomic E-state index is -0.195. The van der Waals surface area contributed by atoms with E-state index >= 15 is 0 Å². The molecule has 0 bridgehead atoms. The molecular weight excluding hydrogens is 376 g/mol. The molecule has 1 N–H and O–H groups in total. The van der Waals surface area contributed by atoms with Crippen LogP contribution in [0.1, 0.15) is 54.9 Å². The summed E-state index contributed by atoms with van der Waals surface area (Å²) < 4.78 is 11.8. The number of aromatic nitrogens is 1. The van der Waals surface area contributed by atoms with Crippen molar-refractivity contribution < 1.29 is 14.3 Å². The van der Waals surface area contributed by atoms with Crippen molar-refractivity contribution >= 4 is 11.6 Å². The summed E-state index contributed by atoms with van der Waals surface area (Å²) in [5, 5.41) is 2.93. The Balaban J connectivity index is 1.74. The minimum Gasteiger partial charge on any atom is -0.490 e. The highest BCUT2D eigenvalue weighted by atomic mass is 16.5. The van der Waals surface area contributed by atoms with Crippen LogP contribution in [0, 0.1) is 6.92 Å². The Kier molecular flexibility index (Phi) is 7.07. The van der Waals surface area contributed by atoms with Gasteiger partial charge in [0.1, 0.15) is 5.75 Å². The second-order valence-corrected chi connectivity index (χ2v) is 7.40. The fourth-order valence-electron chi connectivity index (χ4n) is 2.97. The second-order valence-electron chi connectivity index (χ2n) is 7.40. The smallest absolute Gasteiger partial charge is 0.257 e. The molecule has 5 heteroatoms. The SMILES string of the molecule is CCCOc1ccccc1Oc1cccc(NC(=O)c2ccc(C(C)C)nc2C)c1. The van der Waals surface area contributed by atoms with Crippen molar-refractivity contribution in [2.45, 2.75) is 40.0 Å². The van der Waals surface area contributed by atoms with Crippen LogP contribution in [0.15, 0.2) is 60.7 Å². The summed E-state index contributed by atoms with van der Waals surface area (Å²) in [5.74, 6) is 2.07. The molecule has 0 radical (unpaired) electrons. The molecule has 0 saturated carbocycles. The molecule has 3 aromatic rings. The van der Waals surface area contributed by atoms with Crippen LogP contribution in [0.25, 0.3) is 0 Å². The molecule has 2 aromatic carbocycles. The van der Waals surface area contributed by atoms with E-state index in [0.717, 1.165) is 12.1 Å². The summed E-state index contributed by atoms with van der Waals surface area (Å²) >= 11 is 0. The number of rotatable bonds is 8. The molecule has 0 aliphatic heterocycles. The van der Waals surface area contributed by atoms with Crippen LogP contribution >= 0.6 is 0 Å². The molecule has 3 rings (SSSR count). The predicted molar refractivity (Wildman–Crippen MR) is 120 cm³/mol. The molecule has 0 fully saturated rings.